The first-order valence-corrected chi connectivity index (χ1v) is 12.2. The van der Waals surface area contributed by atoms with Crippen molar-refractivity contribution in [2.45, 2.75) is 63.2 Å². The molecule has 4 nitrogen and oxygen atoms in total. The lowest BCUT2D eigenvalue weighted by Gasteiger charge is -2.29. The summed E-state index contributed by atoms with van der Waals surface area (Å²) >= 11 is 5.93. The van der Waals surface area contributed by atoms with Gasteiger partial charge in [0.2, 0.25) is 5.91 Å². The number of halogens is 1. The van der Waals surface area contributed by atoms with Gasteiger partial charge in [-0.15, -0.1) is 0 Å². The first-order chi connectivity index (χ1) is 13.9. The number of amides is 1. The van der Waals surface area contributed by atoms with Gasteiger partial charge in [-0.2, -0.15) is 0 Å². The van der Waals surface area contributed by atoms with Crippen molar-refractivity contribution in [3.63, 3.8) is 0 Å². The van der Waals surface area contributed by atoms with Crippen LogP contribution in [-0.2, 0) is 21.2 Å². The molecule has 0 radical (unpaired) electrons. The van der Waals surface area contributed by atoms with E-state index in [1.54, 1.807) is 12.1 Å². The van der Waals surface area contributed by atoms with Crippen LogP contribution in [0.25, 0.3) is 0 Å². The summed E-state index contributed by atoms with van der Waals surface area (Å²) in [7, 11) is -4.02. The lowest BCUT2D eigenvalue weighted by atomic mass is 9.88. The highest BCUT2D eigenvalue weighted by Gasteiger charge is 2.35. The van der Waals surface area contributed by atoms with Crippen molar-refractivity contribution in [3.05, 3.63) is 59.1 Å². The number of hydrogen-bond donors (Lipinski definition) is 0. The van der Waals surface area contributed by atoms with E-state index in [-0.39, 0.29) is 16.7 Å². The molecule has 2 aromatic carbocycles. The summed E-state index contributed by atoms with van der Waals surface area (Å²) in [4.78, 5) is 13.4. The van der Waals surface area contributed by atoms with Crippen LogP contribution in [-0.4, -0.2) is 14.3 Å². The lowest BCUT2D eigenvalue weighted by Crippen LogP contribution is -2.41. The molecule has 29 heavy (non-hydrogen) atoms. The third-order valence-electron chi connectivity index (χ3n) is 5.50. The summed E-state index contributed by atoms with van der Waals surface area (Å²) in [5.41, 5.74) is 1.54. The number of anilines is 1. The van der Waals surface area contributed by atoms with Crippen molar-refractivity contribution in [2.75, 3.05) is 4.31 Å². The van der Waals surface area contributed by atoms with E-state index in [9.17, 15) is 13.2 Å². The van der Waals surface area contributed by atoms with Crippen molar-refractivity contribution >= 4 is 33.2 Å². The first kappa shape index (κ1) is 21.8. The fourth-order valence-electron chi connectivity index (χ4n) is 3.79. The third kappa shape index (κ3) is 5.20. The van der Waals surface area contributed by atoms with Gasteiger partial charge >= 0.3 is 0 Å². The van der Waals surface area contributed by atoms with Gasteiger partial charge in [-0.25, -0.2) is 12.7 Å². The summed E-state index contributed by atoms with van der Waals surface area (Å²) in [6, 6.07) is 13.3. The fourth-order valence-corrected chi connectivity index (χ4v) is 5.39. The molecule has 6 heteroatoms. The van der Waals surface area contributed by atoms with E-state index in [0.717, 1.165) is 61.2 Å². The van der Waals surface area contributed by atoms with Crippen LogP contribution in [0.2, 0.25) is 5.02 Å². The minimum absolute atomic E-state index is 0.0705. The molecule has 3 rings (SSSR count). The maximum atomic E-state index is 13.4. The second kappa shape index (κ2) is 9.77. The Balaban J connectivity index is 1.99. The van der Waals surface area contributed by atoms with E-state index in [1.807, 2.05) is 12.1 Å². The quantitative estimate of drug-likeness (QED) is 0.539. The molecular formula is C23H28ClNO3S. The molecule has 0 bridgehead atoms. The average molecular weight is 434 g/mol. The molecule has 1 fully saturated rings. The maximum Gasteiger partial charge on any atom is 0.270 e. The molecule has 0 atom stereocenters. The molecule has 1 aliphatic carbocycles. The molecule has 0 saturated heterocycles. The Labute approximate surface area is 178 Å². The summed E-state index contributed by atoms with van der Waals surface area (Å²) in [6.45, 7) is 2.14. The molecule has 0 N–H and O–H groups in total. The topological polar surface area (TPSA) is 54.5 Å². The zero-order chi connectivity index (χ0) is 20.9. The normalized spacial score (nSPS) is 15.2. The molecule has 0 aromatic heterocycles. The monoisotopic (exact) mass is 433 g/mol. The van der Waals surface area contributed by atoms with Crippen LogP contribution >= 0.6 is 11.6 Å². The molecular weight excluding hydrogens is 406 g/mol. The van der Waals surface area contributed by atoms with E-state index in [1.165, 1.54) is 24.3 Å². The second-order valence-corrected chi connectivity index (χ2v) is 9.89. The van der Waals surface area contributed by atoms with Crippen LogP contribution in [0.1, 0.15) is 57.4 Å². The summed E-state index contributed by atoms with van der Waals surface area (Å²) in [6.07, 6.45) is 7.60. The average Bonchev–Trinajstić information content (AvgIpc) is 2.74. The second-order valence-electron chi connectivity index (χ2n) is 7.67. The summed E-state index contributed by atoms with van der Waals surface area (Å²) in [5, 5.41) is 0.453. The summed E-state index contributed by atoms with van der Waals surface area (Å²) in [5.74, 6) is -0.591. The van der Waals surface area contributed by atoms with Crippen LogP contribution in [0.5, 0.6) is 0 Å². The Hall–Kier alpha value is -1.85. The predicted octanol–water partition coefficient (Wildman–Crippen LogP) is 5.98. The van der Waals surface area contributed by atoms with Crippen LogP contribution in [0.15, 0.2) is 53.4 Å². The van der Waals surface area contributed by atoms with E-state index < -0.39 is 10.0 Å². The minimum atomic E-state index is -4.02. The van der Waals surface area contributed by atoms with Crippen molar-refractivity contribution in [1.29, 1.82) is 0 Å². The van der Waals surface area contributed by atoms with Gasteiger partial charge in [0.05, 0.1) is 10.6 Å². The maximum absolute atomic E-state index is 13.4. The number of sulfonamides is 1. The molecule has 1 amide bonds. The highest BCUT2D eigenvalue weighted by molar-refractivity contribution is 7.93. The lowest BCUT2D eigenvalue weighted by molar-refractivity contribution is -0.122. The molecule has 1 aliphatic rings. The molecule has 1 saturated carbocycles. The predicted molar refractivity (Wildman–Crippen MR) is 118 cm³/mol. The minimum Gasteiger partial charge on any atom is -0.273 e. The van der Waals surface area contributed by atoms with Crippen LogP contribution in [0, 0.1) is 5.92 Å². The highest BCUT2D eigenvalue weighted by Crippen LogP contribution is 2.32. The van der Waals surface area contributed by atoms with Crippen molar-refractivity contribution in [2.24, 2.45) is 5.92 Å². The van der Waals surface area contributed by atoms with Crippen LogP contribution in [0.3, 0.4) is 0 Å². The Bertz CT molecular complexity index is 918. The number of rotatable bonds is 7. The van der Waals surface area contributed by atoms with Crippen molar-refractivity contribution in [1.82, 2.24) is 0 Å². The van der Waals surface area contributed by atoms with E-state index in [4.69, 9.17) is 11.6 Å². The SMILES string of the molecule is CCCCc1ccc(N(C(=O)C2CCCCC2)S(=O)(=O)c2ccc(Cl)cc2)cc1. The first-order valence-electron chi connectivity index (χ1n) is 10.4. The van der Waals surface area contributed by atoms with Gasteiger partial charge in [0.1, 0.15) is 0 Å². The smallest absolute Gasteiger partial charge is 0.270 e. The Morgan fingerprint density at radius 2 is 1.62 bits per heavy atom. The fraction of sp³-hybridized carbons (Fsp3) is 0.435. The summed E-state index contributed by atoms with van der Waals surface area (Å²) < 4.78 is 27.9. The number of carbonyl (C=O) groups excluding carboxylic acids is 1. The van der Waals surface area contributed by atoms with Gasteiger partial charge < -0.3 is 0 Å². The molecule has 2 aromatic rings. The van der Waals surface area contributed by atoms with E-state index in [2.05, 4.69) is 6.92 Å². The number of unbranched alkanes of at least 4 members (excludes halogenated alkanes) is 1. The third-order valence-corrected chi connectivity index (χ3v) is 7.49. The van der Waals surface area contributed by atoms with Gasteiger partial charge in [0, 0.05) is 10.9 Å². The standard InChI is InChI=1S/C23H28ClNO3S/c1-2-3-7-18-10-14-21(15-11-18)25(23(26)19-8-5-4-6-9-19)29(27,28)22-16-12-20(24)13-17-22/h10-17,19H,2-9H2,1H3. The number of nitrogens with zero attached hydrogens (tertiary/aromatic N) is 1. The largest absolute Gasteiger partial charge is 0.273 e. The number of aryl methyl sites for hydroxylation is 1. The van der Waals surface area contributed by atoms with Gasteiger partial charge in [-0.3, -0.25) is 4.79 Å². The van der Waals surface area contributed by atoms with Gasteiger partial charge in [-0.05, 0) is 67.6 Å². The number of hydrogen-bond acceptors (Lipinski definition) is 3. The highest BCUT2D eigenvalue weighted by atomic mass is 35.5. The zero-order valence-corrected chi connectivity index (χ0v) is 18.4. The zero-order valence-electron chi connectivity index (χ0n) is 16.8. The van der Waals surface area contributed by atoms with E-state index in [0.29, 0.717) is 10.7 Å². The van der Waals surface area contributed by atoms with Gasteiger partial charge in [0.15, 0.2) is 0 Å². The van der Waals surface area contributed by atoms with Gasteiger partial charge in [-0.1, -0.05) is 56.3 Å². The molecule has 0 unspecified atom stereocenters. The van der Waals surface area contributed by atoms with Crippen molar-refractivity contribution < 1.29 is 13.2 Å². The van der Waals surface area contributed by atoms with Crippen LogP contribution < -0.4 is 4.31 Å². The Morgan fingerprint density at radius 3 is 2.21 bits per heavy atom. The molecule has 0 spiro atoms. The van der Waals surface area contributed by atoms with E-state index >= 15 is 0 Å². The van der Waals surface area contributed by atoms with Crippen molar-refractivity contribution in [3.8, 4) is 0 Å². The number of benzene rings is 2. The molecule has 156 valence electrons. The Morgan fingerprint density at radius 1 is 1.00 bits per heavy atom. The van der Waals surface area contributed by atoms with Gasteiger partial charge in [0.25, 0.3) is 10.0 Å². The Kier molecular flexibility index (Phi) is 7.36. The van der Waals surface area contributed by atoms with Crippen LogP contribution in [0.4, 0.5) is 5.69 Å². The molecule has 0 heterocycles. The molecule has 0 aliphatic heterocycles. The number of carbonyl (C=O) groups is 1.